The number of benzene rings is 8. The summed E-state index contributed by atoms with van der Waals surface area (Å²) in [6.45, 7) is 0. The molecular formula is C52H36N2. The van der Waals surface area contributed by atoms with Gasteiger partial charge in [-0.05, 0) is 104 Å². The third-order valence-electron chi connectivity index (χ3n) is 11.5. The van der Waals surface area contributed by atoms with Gasteiger partial charge < -0.3 is 9.47 Å². The summed E-state index contributed by atoms with van der Waals surface area (Å²) in [4.78, 5) is 2.53. The molecule has 2 heterocycles. The second kappa shape index (κ2) is 12.4. The molecule has 0 fully saturated rings. The maximum atomic E-state index is 2.53. The second-order valence-electron chi connectivity index (χ2n) is 14.5. The number of allylic oxidation sites excluding steroid dienone is 2. The van der Waals surface area contributed by atoms with E-state index in [1.54, 1.807) is 0 Å². The Balaban J connectivity index is 1.02. The smallest absolute Gasteiger partial charge is 0.0635 e. The maximum Gasteiger partial charge on any atom is 0.0635 e. The van der Waals surface area contributed by atoms with E-state index in [1.807, 2.05) is 0 Å². The quantitative estimate of drug-likeness (QED) is 0.175. The van der Waals surface area contributed by atoms with Gasteiger partial charge in [-0.15, -0.1) is 0 Å². The van der Waals surface area contributed by atoms with E-state index in [2.05, 4.69) is 216 Å². The van der Waals surface area contributed by atoms with E-state index in [-0.39, 0.29) is 12.0 Å². The molecule has 0 radical (unpaired) electrons. The average molecular weight is 689 g/mol. The van der Waals surface area contributed by atoms with Crippen molar-refractivity contribution >= 4 is 49.5 Å². The zero-order valence-corrected chi connectivity index (χ0v) is 29.7. The zero-order chi connectivity index (χ0) is 35.6. The van der Waals surface area contributed by atoms with Crippen molar-refractivity contribution in [3.05, 3.63) is 217 Å². The number of nitrogens with zero attached hydrogens (tertiary/aromatic N) is 2. The normalized spacial score (nSPS) is 16.1. The summed E-state index contributed by atoms with van der Waals surface area (Å²) in [5.74, 6) is 0.257. The lowest BCUT2D eigenvalue weighted by Crippen LogP contribution is -2.29. The molecular weight excluding hydrogens is 653 g/mol. The van der Waals surface area contributed by atoms with Crippen molar-refractivity contribution in [2.24, 2.45) is 0 Å². The second-order valence-corrected chi connectivity index (χ2v) is 14.5. The molecule has 1 aliphatic carbocycles. The highest BCUT2D eigenvalue weighted by molar-refractivity contribution is 6.10. The number of hydrogen-bond donors (Lipinski definition) is 0. The standard InChI is InChI=1S/C52H36N2/c1-3-13-35(14-4-1)39-25-28-46-48-33-38(26-29-50(48)53(52(46)34-39)41-18-5-2-6-19-41)37-27-30-51-47(32-37)45-22-9-10-24-49(45)54(51)42-20-11-17-40(31-42)44-23-12-16-36-15-7-8-21-43(36)44/h1-34,46,52H. The summed E-state index contributed by atoms with van der Waals surface area (Å²) >= 11 is 0. The minimum atomic E-state index is 0.197. The predicted octanol–water partition coefficient (Wildman–Crippen LogP) is 13.5. The van der Waals surface area contributed by atoms with Crippen LogP contribution in [0.5, 0.6) is 0 Å². The average Bonchev–Trinajstić information content (AvgIpc) is 3.76. The van der Waals surface area contributed by atoms with Gasteiger partial charge >= 0.3 is 0 Å². The third kappa shape index (κ3) is 4.88. The van der Waals surface area contributed by atoms with Crippen LogP contribution in [0.3, 0.4) is 0 Å². The molecule has 2 heteroatoms. The van der Waals surface area contributed by atoms with Gasteiger partial charge in [0.05, 0.1) is 17.1 Å². The van der Waals surface area contributed by atoms with Gasteiger partial charge in [0.15, 0.2) is 0 Å². The van der Waals surface area contributed by atoms with Crippen LogP contribution in [-0.2, 0) is 0 Å². The van der Waals surface area contributed by atoms with Crippen molar-refractivity contribution in [3.8, 4) is 27.9 Å². The molecule has 0 amide bonds. The van der Waals surface area contributed by atoms with Gasteiger partial charge in [0.1, 0.15) is 0 Å². The Morgan fingerprint density at radius 3 is 1.98 bits per heavy atom. The highest BCUT2D eigenvalue weighted by Crippen LogP contribution is 2.50. The number of aromatic nitrogens is 1. The molecule has 0 saturated carbocycles. The Bertz CT molecular complexity index is 2940. The molecule has 2 atom stereocenters. The summed E-state index contributed by atoms with van der Waals surface area (Å²) in [6.07, 6.45) is 7.20. The molecule has 0 bridgehead atoms. The predicted molar refractivity (Wildman–Crippen MR) is 228 cm³/mol. The Hall–Kier alpha value is -6.90. The van der Waals surface area contributed by atoms with E-state index in [0.717, 1.165) is 5.69 Å². The highest BCUT2D eigenvalue weighted by atomic mass is 15.2. The first-order valence-corrected chi connectivity index (χ1v) is 18.8. The number of hydrogen-bond acceptors (Lipinski definition) is 1. The molecule has 0 N–H and O–H groups in total. The number of fused-ring (bicyclic) bond motifs is 7. The van der Waals surface area contributed by atoms with Gasteiger partial charge in [0, 0.05) is 33.8 Å². The van der Waals surface area contributed by atoms with E-state index >= 15 is 0 Å². The van der Waals surface area contributed by atoms with Crippen molar-refractivity contribution in [1.29, 1.82) is 0 Å². The molecule has 2 aliphatic rings. The molecule has 0 spiro atoms. The van der Waals surface area contributed by atoms with Crippen LogP contribution in [0.2, 0.25) is 0 Å². The van der Waals surface area contributed by atoms with Crippen LogP contribution in [0, 0.1) is 0 Å². The molecule has 2 nitrogen and oxygen atoms in total. The van der Waals surface area contributed by atoms with Crippen LogP contribution in [0.25, 0.3) is 66.1 Å². The minimum Gasteiger partial charge on any atom is -0.333 e. The lowest BCUT2D eigenvalue weighted by molar-refractivity contribution is 0.747. The lowest BCUT2D eigenvalue weighted by atomic mass is 9.86. The first-order chi connectivity index (χ1) is 26.8. The Kier molecular flexibility index (Phi) is 7.03. The van der Waals surface area contributed by atoms with Crippen LogP contribution >= 0.6 is 0 Å². The summed E-state index contributed by atoms with van der Waals surface area (Å²) < 4.78 is 2.43. The monoisotopic (exact) mass is 688 g/mol. The highest BCUT2D eigenvalue weighted by Gasteiger charge is 2.38. The Labute approximate surface area is 315 Å². The van der Waals surface area contributed by atoms with Crippen molar-refractivity contribution in [3.63, 3.8) is 0 Å². The molecule has 54 heavy (non-hydrogen) atoms. The van der Waals surface area contributed by atoms with E-state index in [4.69, 9.17) is 0 Å². The third-order valence-corrected chi connectivity index (χ3v) is 11.5. The Morgan fingerprint density at radius 2 is 1.09 bits per heavy atom. The fraction of sp³-hybridized carbons (Fsp3) is 0.0385. The largest absolute Gasteiger partial charge is 0.333 e. The fourth-order valence-electron chi connectivity index (χ4n) is 9.01. The lowest BCUT2D eigenvalue weighted by Gasteiger charge is -2.30. The van der Waals surface area contributed by atoms with Crippen LogP contribution < -0.4 is 4.90 Å². The number of rotatable bonds is 5. The first kappa shape index (κ1) is 30.7. The molecule has 254 valence electrons. The molecule has 0 saturated heterocycles. The Morgan fingerprint density at radius 1 is 0.426 bits per heavy atom. The minimum absolute atomic E-state index is 0.197. The van der Waals surface area contributed by atoms with Crippen LogP contribution in [0.15, 0.2) is 206 Å². The topological polar surface area (TPSA) is 8.17 Å². The fourth-order valence-corrected chi connectivity index (χ4v) is 9.01. The van der Waals surface area contributed by atoms with Gasteiger partial charge in [0.2, 0.25) is 0 Å². The number of anilines is 2. The van der Waals surface area contributed by atoms with Gasteiger partial charge in [0.25, 0.3) is 0 Å². The molecule has 9 aromatic rings. The van der Waals surface area contributed by atoms with E-state index in [1.165, 1.54) is 82.9 Å². The van der Waals surface area contributed by atoms with Crippen molar-refractivity contribution in [2.45, 2.75) is 12.0 Å². The molecule has 2 unspecified atom stereocenters. The SMILES string of the molecule is C1=CC2c3cc(-c4ccc5c(c4)c4ccccc4n5-c4cccc(-c5cccc6ccccc56)c4)ccc3N(c3ccccc3)C2C=C1c1ccccc1. The van der Waals surface area contributed by atoms with E-state index in [9.17, 15) is 0 Å². The van der Waals surface area contributed by atoms with Crippen molar-refractivity contribution in [1.82, 2.24) is 4.57 Å². The summed E-state index contributed by atoms with van der Waals surface area (Å²) in [5, 5.41) is 5.05. The summed E-state index contributed by atoms with van der Waals surface area (Å²) in [5.41, 5.74) is 14.9. The molecule has 1 aliphatic heterocycles. The maximum absolute atomic E-state index is 2.53. The van der Waals surface area contributed by atoms with Gasteiger partial charge in [-0.25, -0.2) is 0 Å². The first-order valence-electron chi connectivity index (χ1n) is 18.8. The molecule has 11 rings (SSSR count). The van der Waals surface area contributed by atoms with Crippen molar-refractivity contribution < 1.29 is 0 Å². The van der Waals surface area contributed by atoms with Crippen LogP contribution in [-0.4, -0.2) is 10.6 Å². The van der Waals surface area contributed by atoms with E-state index in [0.29, 0.717) is 0 Å². The van der Waals surface area contributed by atoms with Crippen LogP contribution in [0.4, 0.5) is 11.4 Å². The van der Waals surface area contributed by atoms with Crippen LogP contribution in [0.1, 0.15) is 17.0 Å². The summed E-state index contributed by atoms with van der Waals surface area (Å²) in [6, 6.07) is 69.0. The summed E-state index contributed by atoms with van der Waals surface area (Å²) in [7, 11) is 0. The number of para-hydroxylation sites is 2. The molecule has 1 aromatic heterocycles. The van der Waals surface area contributed by atoms with Gasteiger partial charge in [-0.3, -0.25) is 0 Å². The van der Waals surface area contributed by atoms with Gasteiger partial charge in [-0.2, -0.15) is 0 Å². The van der Waals surface area contributed by atoms with Gasteiger partial charge in [-0.1, -0.05) is 152 Å². The van der Waals surface area contributed by atoms with Crippen molar-refractivity contribution in [2.75, 3.05) is 4.90 Å². The van der Waals surface area contributed by atoms with E-state index < -0.39 is 0 Å². The molecule has 8 aromatic carbocycles. The zero-order valence-electron chi connectivity index (χ0n) is 29.7.